The molecule has 0 aromatic heterocycles. The van der Waals surface area contributed by atoms with Crippen molar-refractivity contribution >= 4 is 51.7 Å². The van der Waals surface area contributed by atoms with Crippen molar-refractivity contribution in [2.45, 2.75) is 20.1 Å². The number of hydrogen-bond acceptors (Lipinski definition) is 6. The molecule has 190 valence electrons. The van der Waals surface area contributed by atoms with E-state index in [9.17, 15) is 14.4 Å². The van der Waals surface area contributed by atoms with Gasteiger partial charge in [-0.25, -0.2) is 0 Å². The van der Waals surface area contributed by atoms with Gasteiger partial charge >= 0.3 is 5.97 Å². The zero-order valence-electron chi connectivity index (χ0n) is 20.5. The molecule has 8 nitrogen and oxygen atoms in total. The molecule has 2 amide bonds. The number of hydrogen-bond donors (Lipinski definition) is 1. The van der Waals surface area contributed by atoms with Crippen molar-refractivity contribution in [1.82, 2.24) is 5.01 Å². The second kappa shape index (κ2) is 10.4. The third kappa shape index (κ3) is 5.07. The van der Waals surface area contributed by atoms with Crippen LogP contribution in [0.2, 0.25) is 5.02 Å². The van der Waals surface area contributed by atoms with Gasteiger partial charge in [0.1, 0.15) is 5.75 Å². The Bertz CT molecular complexity index is 1580. The quantitative estimate of drug-likeness (QED) is 0.257. The minimum atomic E-state index is -0.952. The lowest BCUT2D eigenvalue weighted by molar-refractivity contribution is -0.135. The van der Waals surface area contributed by atoms with Gasteiger partial charge < -0.3 is 14.8 Å². The first-order chi connectivity index (χ1) is 18.3. The maximum atomic E-state index is 12.6. The van der Waals surface area contributed by atoms with Crippen molar-refractivity contribution in [3.05, 3.63) is 107 Å². The molecule has 1 aliphatic heterocycles. The molecular weight excluding hydrogens is 506 g/mol. The van der Waals surface area contributed by atoms with E-state index in [0.717, 1.165) is 10.8 Å². The van der Waals surface area contributed by atoms with Crippen LogP contribution in [0.5, 0.6) is 5.75 Å². The van der Waals surface area contributed by atoms with E-state index in [2.05, 4.69) is 10.4 Å². The summed E-state index contributed by atoms with van der Waals surface area (Å²) in [6.07, 6.45) is -0.952. The molecule has 4 aromatic rings. The second-order valence-electron chi connectivity index (χ2n) is 8.57. The van der Waals surface area contributed by atoms with Crippen LogP contribution in [0.15, 0.2) is 90.0 Å². The van der Waals surface area contributed by atoms with Gasteiger partial charge in [-0.15, -0.1) is 5.10 Å². The monoisotopic (exact) mass is 527 g/mol. The van der Waals surface area contributed by atoms with Crippen molar-refractivity contribution in [3.63, 3.8) is 0 Å². The van der Waals surface area contributed by atoms with Gasteiger partial charge in [0.15, 0.2) is 0 Å². The van der Waals surface area contributed by atoms with E-state index < -0.39 is 12.2 Å². The van der Waals surface area contributed by atoms with Gasteiger partial charge in [0.2, 0.25) is 18.0 Å². The molecule has 1 heterocycles. The Morgan fingerprint density at radius 1 is 0.921 bits per heavy atom. The fraction of sp³-hybridized carbons (Fsp3) is 0.103. The lowest BCUT2D eigenvalue weighted by Gasteiger charge is -2.23. The number of benzene rings is 4. The highest BCUT2D eigenvalue weighted by molar-refractivity contribution is 6.30. The van der Waals surface area contributed by atoms with E-state index >= 15 is 0 Å². The highest BCUT2D eigenvalue weighted by atomic mass is 35.5. The van der Waals surface area contributed by atoms with E-state index in [1.54, 1.807) is 54.6 Å². The molecule has 0 saturated carbocycles. The van der Waals surface area contributed by atoms with Crippen LogP contribution in [0.3, 0.4) is 0 Å². The number of carbonyl (C=O) groups excluding carboxylic acids is 3. The standard InChI is InChI=1S/C29H22ClN3O5/c1-17(34)33-29(26-24-6-4-3-5-19(24)11-16-25(26)37-18(2)35)38-28(32-33)21-9-14-23(15-10-21)31-27(36)20-7-12-22(30)13-8-20/h3-16,29H,1-2H3,(H,31,36)/t29-/m1/s1. The number of fused-ring (bicyclic) bond motifs is 1. The van der Waals surface area contributed by atoms with E-state index in [1.807, 2.05) is 30.3 Å². The van der Waals surface area contributed by atoms with Gasteiger partial charge in [0.25, 0.3) is 5.91 Å². The molecule has 0 spiro atoms. The molecule has 0 fully saturated rings. The first-order valence-corrected chi connectivity index (χ1v) is 12.1. The summed E-state index contributed by atoms with van der Waals surface area (Å²) >= 11 is 5.89. The van der Waals surface area contributed by atoms with Gasteiger partial charge in [-0.1, -0.05) is 41.9 Å². The third-order valence-corrected chi connectivity index (χ3v) is 6.15. The summed E-state index contributed by atoms with van der Waals surface area (Å²) in [7, 11) is 0. The predicted molar refractivity (Wildman–Crippen MR) is 144 cm³/mol. The van der Waals surface area contributed by atoms with Crippen molar-refractivity contribution in [2.75, 3.05) is 5.32 Å². The van der Waals surface area contributed by atoms with Gasteiger partial charge in [-0.3, -0.25) is 14.4 Å². The average Bonchev–Trinajstić information content (AvgIpc) is 3.34. The lowest BCUT2D eigenvalue weighted by Crippen LogP contribution is -2.26. The molecule has 5 rings (SSSR count). The number of nitrogens with zero attached hydrogens (tertiary/aromatic N) is 2. The summed E-state index contributed by atoms with van der Waals surface area (Å²) < 4.78 is 11.7. The van der Waals surface area contributed by atoms with Crippen LogP contribution in [0.4, 0.5) is 5.69 Å². The molecule has 1 aliphatic rings. The minimum absolute atomic E-state index is 0.211. The minimum Gasteiger partial charge on any atom is -0.445 e. The zero-order valence-corrected chi connectivity index (χ0v) is 21.2. The Hall–Kier alpha value is -4.69. The molecular formula is C29H22ClN3O5. The summed E-state index contributed by atoms with van der Waals surface area (Å²) in [4.78, 5) is 36.9. The summed E-state index contributed by atoms with van der Waals surface area (Å²) in [6.45, 7) is 2.70. The molecule has 0 saturated heterocycles. The smallest absolute Gasteiger partial charge is 0.308 e. The number of rotatable bonds is 5. The topological polar surface area (TPSA) is 97.3 Å². The molecule has 38 heavy (non-hydrogen) atoms. The second-order valence-corrected chi connectivity index (χ2v) is 9.01. The summed E-state index contributed by atoms with van der Waals surface area (Å²) in [5.74, 6) is -0.628. The molecule has 0 unspecified atom stereocenters. The molecule has 4 aromatic carbocycles. The van der Waals surface area contributed by atoms with Crippen LogP contribution < -0.4 is 10.1 Å². The van der Waals surface area contributed by atoms with Crippen LogP contribution in [0, 0.1) is 0 Å². The Labute approximate surface area is 223 Å². The fourth-order valence-corrected chi connectivity index (χ4v) is 4.27. The SMILES string of the molecule is CC(=O)Oc1ccc2ccccc2c1[C@H]1OC(c2ccc(NC(=O)c3ccc(Cl)cc3)cc2)=NN1C(C)=O. The maximum absolute atomic E-state index is 12.6. The van der Waals surface area contributed by atoms with Crippen molar-refractivity contribution < 1.29 is 23.9 Å². The number of halogens is 1. The maximum Gasteiger partial charge on any atom is 0.308 e. The number of esters is 1. The predicted octanol–water partition coefficient (Wildman–Crippen LogP) is 5.91. The largest absolute Gasteiger partial charge is 0.445 e. The summed E-state index contributed by atoms with van der Waals surface area (Å²) in [5.41, 5.74) is 2.15. The van der Waals surface area contributed by atoms with Crippen molar-refractivity contribution in [2.24, 2.45) is 5.10 Å². The van der Waals surface area contributed by atoms with Gasteiger partial charge in [0, 0.05) is 35.7 Å². The highest BCUT2D eigenvalue weighted by Gasteiger charge is 2.36. The van der Waals surface area contributed by atoms with Gasteiger partial charge in [0.05, 0.1) is 5.56 Å². The molecule has 0 radical (unpaired) electrons. The van der Waals surface area contributed by atoms with E-state index in [1.165, 1.54) is 18.9 Å². The molecule has 1 N–H and O–H groups in total. The lowest BCUT2D eigenvalue weighted by atomic mass is 10.0. The molecule has 0 aliphatic carbocycles. The Kier molecular flexibility index (Phi) is 6.81. The van der Waals surface area contributed by atoms with E-state index in [-0.39, 0.29) is 23.5 Å². The van der Waals surface area contributed by atoms with Crippen molar-refractivity contribution in [3.8, 4) is 5.75 Å². The fourth-order valence-electron chi connectivity index (χ4n) is 4.15. The van der Waals surface area contributed by atoms with E-state index in [4.69, 9.17) is 21.1 Å². The molecule has 0 bridgehead atoms. The highest BCUT2D eigenvalue weighted by Crippen LogP contribution is 2.40. The van der Waals surface area contributed by atoms with Crippen LogP contribution in [-0.4, -0.2) is 28.7 Å². The van der Waals surface area contributed by atoms with E-state index in [0.29, 0.717) is 27.4 Å². The first kappa shape index (κ1) is 25.0. The molecule has 1 atom stereocenters. The van der Waals surface area contributed by atoms with Crippen LogP contribution in [-0.2, 0) is 14.3 Å². The van der Waals surface area contributed by atoms with Crippen molar-refractivity contribution in [1.29, 1.82) is 0 Å². The number of anilines is 1. The van der Waals surface area contributed by atoms with Crippen LogP contribution in [0.25, 0.3) is 10.8 Å². The van der Waals surface area contributed by atoms with Crippen LogP contribution in [0.1, 0.15) is 41.6 Å². The number of carbonyl (C=O) groups is 3. The third-order valence-electron chi connectivity index (χ3n) is 5.89. The Morgan fingerprint density at radius 3 is 2.32 bits per heavy atom. The van der Waals surface area contributed by atoms with Crippen LogP contribution >= 0.6 is 11.6 Å². The Balaban J connectivity index is 1.43. The number of nitrogens with one attached hydrogen (secondary N) is 1. The molecule has 9 heteroatoms. The number of ether oxygens (including phenoxy) is 2. The number of amides is 2. The zero-order chi connectivity index (χ0) is 26.8. The van der Waals surface area contributed by atoms with Gasteiger partial charge in [-0.05, 0) is 65.4 Å². The summed E-state index contributed by atoms with van der Waals surface area (Å²) in [6, 6.07) is 24.5. The first-order valence-electron chi connectivity index (χ1n) is 11.7. The Morgan fingerprint density at radius 2 is 1.63 bits per heavy atom. The number of hydrazone groups is 1. The average molecular weight is 528 g/mol. The van der Waals surface area contributed by atoms with Gasteiger partial charge in [-0.2, -0.15) is 5.01 Å². The summed E-state index contributed by atoms with van der Waals surface area (Å²) in [5, 5.41) is 10.7. The normalized spacial score (nSPS) is 14.6.